The van der Waals surface area contributed by atoms with E-state index in [-0.39, 0.29) is 0 Å². The van der Waals surface area contributed by atoms with E-state index in [2.05, 4.69) is 22.1 Å². The minimum atomic E-state index is 0.752. The van der Waals surface area contributed by atoms with Gasteiger partial charge in [0, 0.05) is 22.2 Å². The summed E-state index contributed by atoms with van der Waals surface area (Å²) in [5.41, 5.74) is 3.69. The maximum absolute atomic E-state index is 6.19. The van der Waals surface area contributed by atoms with Gasteiger partial charge in [-0.1, -0.05) is 36.4 Å². The number of aromatic nitrogens is 2. The molecule has 2 heterocycles. The highest BCUT2D eigenvalue weighted by Gasteiger charge is 2.09. The van der Waals surface area contributed by atoms with Gasteiger partial charge >= 0.3 is 0 Å². The third-order valence-corrected chi connectivity index (χ3v) is 3.86. The lowest BCUT2D eigenvalue weighted by Crippen LogP contribution is -1.92. The Morgan fingerprint density at radius 1 is 0.609 bits per heavy atom. The van der Waals surface area contributed by atoms with Crippen LogP contribution in [0.3, 0.4) is 0 Å². The lowest BCUT2D eigenvalue weighted by Gasteiger charge is -2.11. The Morgan fingerprint density at radius 3 is 1.57 bits per heavy atom. The first-order valence-electron chi connectivity index (χ1n) is 7.61. The molecule has 0 bridgehead atoms. The maximum atomic E-state index is 6.19. The highest BCUT2D eigenvalue weighted by molar-refractivity contribution is 5.87. The van der Waals surface area contributed by atoms with Gasteiger partial charge in [0.1, 0.15) is 11.0 Å². The number of ether oxygens (including phenoxy) is 1. The van der Waals surface area contributed by atoms with Gasteiger partial charge in [-0.2, -0.15) is 0 Å². The molecule has 0 saturated heterocycles. The fourth-order valence-corrected chi connectivity index (χ4v) is 2.72. The summed E-state index contributed by atoms with van der Waals surface area (Å²) >= 11 is 0. The molecule has 0 atom stereocenters. The molecule has 3 heteroatoms. The molecule has 4 aromatic rings. The van der Waals surface area contributed by atoms with Crippen LogP contribution in [0.4, 0.5) is 0 Å². The number of hydrogen-bond donors (Lipinski definition) is 0. The molecule has 0 aliphatic rings. The lowest BCUT2D eigenvalue weighted by atomic mass is 10.1. The minimum Gasteiger partial charge on any atom is -0.453 e. The second kappa shape index (κ2) is 5.36. The van der Waals surface area contributed by atoms with Crippen molar-refractivity contribution in [1.29, 1.82) is 0 Å². The molecule has 0 fully saturated rings. The molecule has 3 nitrogen and oxygen atoms in total. The van der Waals surface area contributed by atoms with E-state index in [4.69, 9.17) is 4.74 Å². The van der Waals surface area contributed by atoms with Crippen LogP contribution in [0.2, 0.25) is 0 Å². The van der Waals surface area contributed by atoms with E-state index in [1.165, 1.54) is 0 Å². The zero-order chi connectivity index (χ0) is 15.8. The lowest BCUT2D eigenvalue weighted by molar-refractivity contribution is 0.491. The van der Waals surface area contributed by atoms with Crippen LogP contribution in [0.25, 0.3) is 21.8 Å². The first-order valence-corrected chi connectivity index (χ1v) is 7.61. The summed E-state index contributed by atoms with van der Waals surface area (Å²) in [6.07, 6.45) is 0. The normalized spacial score (nSPS) is 11.0. The van der Waals surface area contributed by atoms with Gasteiger partial charge in [-0.3, -0.25) is 0 Å². The molecule has 4 rings (SSSR count). The molecule has 0 saturated carbocycles. The highest BCUT2D eigenvalue weighted by atomic mass is 16.5. The second-order valence-electron chi connectivity index (χ2n) is 5.66. The number of para-hydroxylation sites is 2. The van der Waals surface area contributed by atoms with Crippen molar-refractivity contribution in [3.05, 3.63) is 72.1 Å². The first-order chi connectivity index (χ1) is 11.2. The van der Waals surface area contributed by atoms with Crippen LogP contribution < -0.4 is 4.74 Å². The van der Waals surface area contributed by atoms with Crippen molar-refractivity contribution >= 4 is 21.8 Å². The number of pyridine rings is 2. The smallest absolute Gasteiger partial charge is 0.153 e. The molecule has 0 aliphatic heterocycles. The Hall–Kier alpha value is -2.94. The summed E-state index contributed by atoms with van der Waals surface area (Å²) in [5, 5.41) is 2.13. The molecule has 112 valence electrons. The largest absolute Gasteiger partial charge is 0.453 e. The fraction of sp³-hybridized carbons (Fsp3) is 0.100. The summed E-state index contributed by atoms with van der Waals surface area (Å²) in [6, 6.07) is 20.1. The van der Waals surface area contributed by atoms with Gasteiger partial charge in [-0.25, -0.2) is 9.97 Å². The Labute approximate surface area is 134 Å². The maximum Gasteiger partial charge on any atom is 0.153 e. The summed E-state index contributed by atoms with van der Waals surface area (Å²) in [5.74, 6) is 1.50. The van der Waals surface area contributed by atoms with E-state index in [1.54, 1.807) is 0 Å². The fourth-order valence-electron chi connectivity index (χ4n) is 2.72. The molecule has 0 N–H and O–H groups in total. The predicted molar refractivity (Wildman–Crippen MR) is 93.0 cm³/mol. The summed E-state index contributed by atoms with van der Waals surface area (Å²) in [7, 11) is 0. The molecule has 2 aromatic carbocycles. The number of hydrogen-bond acceptors (Lipinski definition) is 3. The van der Waals surface area contributed by atoms with Crippen LogP contribution in [-0.2, 0) is 0 Å². The summed E-state index contributed by atoms with van der Waals surface area (Å²) in [4.78, 5) is 9.25. The van der Waals surface area contributed by atoms with Crippen molar-refractivity contribution < 1.29 is 4.74 Å². The van der Waals surface area contributed by atoms with Gasteiger partial charge in [-0.05, 0) is 38.1 Å². The van der Waals surface area contributed by atoms with Crippen LogP contribution in [0.1, 0.15) is 11.4 Å². The van der Waals surface area contributed by atoms with Crippen molar-refractivity contribution in [2.45, 2.75) is 13.8 Å². The number of benzene rings is 2. The molecule has 0 amide bonds. The van der Waals surface area contributed by atoms with Crippen LogP contribution in [0.15, 0.2) is 60.7 Å². The predicted octanol–water partition coefficient (Wildman–Crippen LogP) is 5.19. The summed E-state index contributed by atoms with van der Waals surface area (Å²) < 4.78 is 6.19. The Bertz CT molecular complexity index is 941. The standard InChI is InChI=1S/C20H16N2O/c1-13-9-11-15-5-3-7-17(19(15)21-13)23-18-8-4-6-16-12-10-14(2)22-20(16)18/h3-12H,1-2H3. The van der Waals surface area contributed by atoms with Crippen molar-refractivity contribution in [3.8, 4) is 11.5 Å². The van der Waals surface area contributed by atoms with Gasteiger partial charge < -0.3 is 4.74 Å². The van der Waals surface area contributed by atoms with Crippen LogP contribution >= 0.6 is 0 Å². The minimum absolute atomic E-state index is 0.752. The Kier molecular flexibility index (Phi) is 3.19. The molecular weight excluding hydrogens is 284 g/mol. The number of rotatable bonds is 2. The van der Waals surface area contributed by atoms with Crippen molar-refractivity contribution in [2.75, 3.05) is 0 Å². The highest BCUT2D eigenvalue weighted by Crippen LogP contribution is 2.32. The Morgan fingerprint density at radius 2 is 1.09 bits per heavy atom. The zero-order valence-corrected chi connectivity index (χ0v) is 13.1. The average Bonchev–Trinajstić information content (AvgIpc) is 2.56. The number of fused-ring (bicyclic) bond motifs is 2. The Balaban J connectivity index is 1.88. The van der Waals surface area contributed by atoms with Gasteiger partial charge in [0.2, 0.25) is 0 Å². The molecule has 0 spiro atoms. The van der Waals surface area contributed by atoms with Crippen molar-refractivity contribution in [2.24, 2.45) is 0 Å². The molecule has 0 unspecified atom stereocenters. The van der Waals surface area contributed by atoms with Crippen LogP contribution in [0, 0.1) is 13.8 Å². The van der Waals surface area contributed by atoms with Crippen LogP contribution in [-0.4, -0.2) is 9.97 Å². The molecule has 0 radical (unpaired) electrons. The van der Waals surface area contributed by atoms with Gasteiger partial charge in [0.15, 0.2) is 11.5 Å². The quantitative estimate of drug-likeness (QED) is 0.511. The molecule has 0 aliphatic carbocycles. The van der Waals surface area contributed by atoms with E-state index in [0.29, 0.717) is 0 Å². The third-order valence-electron chi connectivity index (χ3n) is 3.86. The van der Waals surface area contributed by atoms with Crippen LogP contribution in [0.5, 0.6) is 11.5 Å². The topological polar surface area (TPSA) is 35.0 Å². The monoisotopic (exact) mass is 300 g/mol. The first kappa shape index (κ1) is 13.7. The van der Waals surface area contributed by atoms with Crippen molar-refractivity contribution in [1.82, 2.24) is 9.97 Å². The SMILES string of the molecule is Cc1ccc2cccc(Oc3cccc4ccc(C)nc34)c2n1. The number of aryl methyl sites for hydroxylation is 2. The van der Waals surface area contributed by atoms with Gasteiger partial charge in [-0.15, -0.1) is 0 Å². The van der Waals surface area contributed by atoms with Gasteiger partial charge in [0.05, 0.1) is 0 Å². The van der Waals surface area contributed by atoms with E-state index in [0.717, 1.165) is 44.7 Å². The average molecular weight is 300 g/mol. The van der Waals surface area contributed by atoms with Crippen molar-refractivity contribution in [3.63, 3.8) is 0 Å². The summed E-state index contributed by atoms with van der Waals surface area (Å²) in [6.45, 7) is 3.97. The zero-order valence-electron chi connectivity index (χ0n) is 13.1. The molecule has 23 heavy (non-hydrogen) atoms. The van der Waals surface area contributed by atoms with E-state index in [1.807, 2.05) is 62.4 Å². The van der Waals surface area contributed by atoms with E-state index < -0.39 is 0 Å². The number of nitrogens with zero attached hydrogens (tertiary/aromatic N) is 2. The van der Waals surface area contributed by atoms with E-state index >= 15 is 0 Å². The van der Waals surface area contributed by atoms with E-state index in [9.17, 15) is 0 Å². The third kappa shape index (κ3) is 2.50. The second-order valence-corrected chi connectivity index (χ2v) is 5.66. The molecule has 2 aromatic heterocycles. The molecular formula is C20H16N2O. The van der Waals surface area contributed by atoms with Gasteiger partial charge in [0.25, 0.3) is 0 Å².